The van der Waals surface area contributed by atoms with Gasteiger partial charge >= 0.3 is 0 Å². The minimum absolute atomic E-state index is 0.181. The largest absolute Gasteiger partial charge is 0.419 e. The first-order valence-corrected chi connectivity index (χ1v) is 7.62. The van der Waals surface area contributed by atoms with Crippen LogP contribution in [0.4, 0.5) is 0 Å². The third-order valence-corrected chi connectivity index (χ3v) is 4.15. The van der Waals surface area contributed by atoms with Crippen LogP contribution >= 0.6 is 0 Å². The van der Waals surface area contributed by atoms with Crippen LogP contribution in [0.2, 0.25) is 0 Å². The molecule has 0 radical (unpaired) electrons. The predicted octanol–water partition coefficient (Wildman–Crippen LogP) is 1.45. The summed E-state index contributed by atoms with van der Waals surface area (Å²) in [7, 11) is 0. The molecule has 3 rings (SSSR count). The number of aromatic nitrogens is 2. The van der Waals surface area contributed by atoms with Crippen LogP contribution in [0.5, 0.6) is 0 Å². The van der Waals surface area contributed by atoms with E-state index >= 15 is 0 Å². The summed E-state index contributed by atoms with van der Waals surface area (Å²) in [5.41, 5.74) is -0.0366. The van der Waals surface area contributed by atoms with Gasteiger partial charge in [-0.25, -0.2) is 0 Å². The molecule has 0 spiro atoms. The molecule has 1 saturated heterocycles. The van der Waals surface area contributed by atoms with E-state index in [-0.39, 0.29) is 6.61 Å². The molecule has 1 aliphatic heterocycles. The normalized spacial score (nSPS) is 23.4. The Morgan fingerprint density at radius 1 is 1.14 bits per heavy atom. The van der Waals surface area contributed by atoms with Crippen molar-refractivity contribution < 1.29 is 14.6 Å². The number of hydrogen-bond acceptors (Lipinski definition) is 6. The lowest BCUT2D eigenvalue weighted by atomic mass is 9.96. The fraction of sp³-hybridized carbons (Fsp3) is 0.500. The number of nitrogens with zero attached hydrogens (tertiary/aromatic N) is 3. The summed E-state index contributed by atoms with van der Waals surface area (Å²) >= 11 is 0. The molecule has 6 nitrogen and oxygen atoms in total. The molecular formula is C16H21N3O3. The summed E-state index contributed by atoms with van der Waals surface area (Å²) in [6.07, 6.45) is 2.03. The first-order valence-electron chi connectivity index (χ1n) is 7.62. The van der Waals surface area contributed by atoms with Gasteiger partial charge < -0.3 is 14.6 Å². The molecule has 0 unspecified atom stereocenters. The van der Waals surface area contributed by atoms with Gasteiger partial charge in [0, 0.05) is 12.1 Å². The van der Waals surface area contributed by atoms with E-state index in [4.69, 9.17) is 4.42 Å². The zero-order chi connectivity index (χ0) is 15.4. The topological polar surface area (TPSA) is 82.6 Å². The molecule has 2 heterocycles. The standard InChI is InChI=1S/C16H21N3O3/c20-12-16(21)7-4-9-19(10-8-16)11-14-17-18-15(22-14)13-5-2-1-3-6-13/h1-3,5-6,20-21H,4,7-12H2/t16-/m0/s1. The molecule has 6 heteroatoms. The van der Waals surface area contributed by atoms with E-state index in [1.54, 1.807) is 0 Å². The van der Waals surface area contributed by atoms with Crippen molar-refractivity contribution in [3.05, 3.63) is 36.2 Å². The minimum atomic E-state index is -0.946. The summed E-state index contributed by atoms with van der Waals surface area (Å²) in [6.45, 7) is 1.95. The highest BCUT2D eigenvalue weighted by atomic mass is 16.4. The number of aliphatic hydroxyl groups is 2. The first-order chi connectivity index (χ1) is 10.7. The van der Waals surface area contributed by atoms with Crippen molar-refractivity contribution in [3.8, 4) is 11.5 Å². The fourth-order valence-electron chi connectivity index (χ4n) is 2.76. The van der Waals surface area contributed by atoms with Gasteiger partial charge in [-0.3, -0.25) is 4.90 Å². The number of likely N-dealkylation sites (tertiary alicyclic amines) is 1. The minimum Gasteiger partial charge on any atom is -0.419 e. The van der Waals surface area contributed by atoms with Gasteiger partial charge in [0.25, 0.3) is 0 Å². The Labute approximate surface area is 129 Å². The van der Waals surface area contributed by atoms with E-state index in [9.17, 15) is 10.2 Å². The van der Waals surface area contributed by atoms with E-state index < -0.39 is 5.60 Å². The number of hydrogen-bond donors (Lipinski definition) is 2. The molecule has 22 heavy (non-hydrogen) atoms. The molecule has 1 aliphatic rings. The van der Waals surface area contributed by atoms with Crippen LogP contribution in [0.3, 0.4) is 0 Å². The number of rotatable bonds is 4. The van der Waals surface area contributed by atoms with E-state index in [0.29, 0.717) is 37.7 Å². The van der Waals surface area contributed by atoms with Gasteiger partial charge in [-0.2, -0.15) is 0 Å². The second-order valence-electron chi connectivity index (χ2n) is 5.88. The maximum atomic E-state index is 10.2. The Balaban J connectivity index is 1.63. The van der Waals surface area contributed by atoms with Gasteiger partial charge in [-0.15, -0.1) is 10.2 Å². The highest BCUT2D eigenvalue weighted by Gasteiger charge is 2.29. The molecule has 0 aliphatic carbocycles. The smallest absolute Gasteiger partial charge is 0.247 e. The molecule has 0 saturated carbocycles. The van der Waals surface area contributed by atoms with Crippen LogP contribution in [-0.4, -0.2) is 50.6 Å². The van der Waals surface area contributed by atoms with Crippen LogP contribution < -0.4 is 0 Å². The zero-order valence-corrected chi connectivity index (χ0v) is 12.5. The van der Waals surface area contributed by atoms with Gasteiger partial charge in [0.2, 0.25) is 11.8 Å². The highest BCUT2D eigenvalue weighted by Crippen LogP contribution is 2.23. The van der Waals surface area contributed by atoms with Gasteiger partial charge in [0.05, 0.1) is 18.8 Å². The van der Waals surface area contributed by atoms with Crippen molar-refractivity contribution in [2.45, 2.75) is 31.4 Å². The van der Waals surface area contributed by atoms with Crippen LogP contribution in [0.15, 0.2) is 34.7 Å². The summed E-state index contributed by atoms with van der Waals surface area (Å²) in [5, 5.41) is 27.6. The molecule has 2 aromatic rings. The molecule has 2 N–H and O–H groups in total. The van der Waals surface area contributed by atoms with E-state index in [2.05, 4.69) is 15.1 Å². The van der Waals surface area contributed by atoms with Gasteiger partial charge in [0.1, 0.15) is 0 Å². The third kappa shape index (κ3) is 3.52. The molecular weight excluding hydrogens is 282 g/mol. The average molecular weight is 303 g/mol. The quantitative estimate of drug-likeness (QED) is 0.889. The van der Waals surface area contributed by atoms with Gasteiger partial charge in [-0.05, 0) is 37.9 Å². The molecule has 1 aromatic carbocycles. The third-order valence-electron chi connectivity index (χ3n) is 4.15. The highest BCUT2D eigenvalue weighted by molar-refractivity contribution is 5.51. The van der Waals surface area contributed by atoms with Crippen molar-refractivity contribution in [3.63, 3.8) is 0 Å². The summed E-state index contributed by atoms with van der Waals surface area (Å²) < 4.78 is 5.72. The molecule has 118 valence electrons. The summed E-state index contributed by atoms with van der Waals surface area (Å²) in [6, 6.07) is 9.68. The SMILES string of the molecule is OC[C@]1(O)CCCN(Cc2nnc(-c3ccccc3)o2)CC1. The monoisotopic (exact) mass is 303 g/mol. The lowest BCUT2D eigenvalue weighted by Crippen LogP contribution is -2.34. The van der Waals surface area contributed by atoms with Gasteiger partial charge in [-0.1, -0.05) is 18.2 Å². The fourth-order valence-corrected chi connectivity index (χ4v) is 2.76. The zero-order valence-electron chi connectivity index (χ0n) is 12.5. The van der Waals surface area contributed by atoms with E-state index in [1.165, 1.54) is 0 Å². The van der Waals surface area contributed by atoms with Crippen LogP contribution in [-0.2, 0) is 6.54 Å². The maximum absolute atomic E-state index is 10.2. The van der Waals surface area contributed by atoms with Crippen LogP contribution in [0, 0.1) is 0 Å². The van der Waals surface area contributed by atoms with Crippen molar-refractivity contribution in [2.24, 2.45) is 0 Å². The second kappa shape index (κ2) is 6.56. The second-order valence-corrected chi connectivity index (χ2v) is 5.88. The Morgan fingerprint density at radius 3 is 2.73 bits per heavy atom. The summed E-state index contributed by atoms with van der Waals surface area (Å²) in [5.74, 6) is 1.10. The number of benzene rings is 1. The molecule has 1 aromatic heterocycles. The van der Waals surface area contributed by atoms with Crippen LogP contribution in [0.1, 0.15) is 25.2 Å². The van der Waals surface area contributed by atoms with E-state index in [0.717, 1.165) is 18.5 Å². The van der Waals surface area contributed by atoms with E-state index in [1.807, 2.05) is 30.3 Å². The van der Waals surface area contributed by atoms with Crippen LogP contribution in [0.25, 0.3) is 11.5 Å². The lowest BCUT2D eigenvalue weighted by Gasteiger charge is -2.23. The first kappa shape index (κ1) is 15.1. The average Bonchev–Trinajstić information content (AvgIpc) is 2.93. The Bertz CT molecular complexity index is 602. The molecule has 1 fully saturated rings. The Hall–Kier alpha value is -1.76. The van der Waals surface area contributed by atoms with Crippen molar-refractivity contribution >= 4 is 0 Å². The Morgan fingerprint density at radius 2 is 1.95 bits per heavy atom. The predicted molar refractivity (Wildman–Crippen MR) is 80.9 cm³/mol. The summed E-state index contributed by atoms with van der Waals surface area (Å²) in [4.78, 5) is 2.18. The Kier molecular flexibility index (Phi) is 4.52. The molecule has 0 amide bonds. The maximum Gasteiger partial charge on any atom is 0.247 e. The van der Waals surface area contributed by atoms with Crippen molar-refractivity contribution in [1.82, 2.24) is 15.1 Å². The van der Waals surface area contributed by atoms with Crippen molar-refractivity contribution in [2.75, 3.05) is 19.7 Å². The lowest BCUT2D eigenvalue weighted by molar-refractivity contribution is -0.0256. The van der Waals surface area contributed by atoms with Gasteiger partial charge in [0.15, 0.2) is 0 Å². The molecule has 1 atom stereocenters. The van der Waals surface area contributed by atoms with Crippen molar-refractivity contribution in [1.29, 1.82) is 0 Å². The number of aliphatic hydroxyl groups excluding tert-OH is 1. The molecule has 0 bridgehead atoms.